The summed E-state index contributed by atoms with van der Waals surface area (Å²) in [5.74, 6) is -0.714. The van der Waals surface area contributed by atoms with E-state index >= 15 is 0 Å². The molecule has 1 atom stereocenters. The van der Waals surface area contributed by atoms with Gasteiger partial charge in [-0.2, -0.15) is 0 Å². The molecule has 0 bridgehead atoms. The second kappa shape index (κ2) is 7.12. The summed E-state index contributed by atoms with van der Waals surface area (Å²) in [6.07, 6.45) is 0.778. The van der Waals surface area contributed by atoms with E-state index in [2.05, 4.69) is 4.72 Å². The maximum absolute atomic E-state index is 13.0. The Hall–Kier alpha value is -2.56. The van der Waals surface area contributed by atoms with Gasteiger partial charge in [0.1, 0.15) is 0 Å². The summed E-state index contributed by atoms with van der Waals surface area (Å²) in [7, 11) is -5.00. The molecule has 2 aromatic carbocycles. The highest BCUT2D eigenvalue weighted by atomic mass is 32.2. The number of hydrogen-bond acceptors (Lipinski definition) is 7. The molecule has 0 aromatic heterocycles. The minimum atomic E-state index is -3.93. The van der Waals surface area contributed by atoms with E-state index in [1.54, 1.807) is 24.3 Å². The number of rotatable bonds is 5. The molecule has 1 fully saturated rings. The number of ether oxygens (including phenoxy) is 1. The Morgan fingerprint density at radius 1 is 1.25 bits per heavy atom. The minimum absolute atomic E-state index is 0.0543. The number of nitrogens with two attached hydrogens (primary N) is 1. The van der Waals surface area contributed by atoms with Crippen LogP contribution in [-0.4, -0.2) is 33.1 Å². The third kappa shape index (κ3) is 3.58. The van der Waals surface area contributed by atoms with Crippen molar-refractivity contribution in [3.05, 3.63) is 47.5 Å². The molecule has 10 heteroatoms. The van der Waals surface area contributed by atoms with Crippen LogP contribution < -0.4 is 15.9 Å². The summed E-state index contributed by atoms with van der Waals surface area (Å²) in [6.45, 7) is 0.620. The maximum atomic E-state index is 13.0. The van der Waals surface area contributed by atoms with Crippen LogP contribution >= 0.6 is 0 Å². The average Bonchev–Trinajstić information content (AvgIpc) is 3.21. The Labute approximate surface area is 162 Å². The topological polar surface area (TPSA) is 128 Å². The van der Waals surface area contributed by atoms with Gasteiger partial charge in [-0.15, -0.1) is 0 Å². The van der Waals surface area contributed by atoms with Crippen LogP contribution in [0.2, 0.25) is 0 Å². The van der Waals surface area contributed by atoms with Gasteiger partial charge < -0.3 is 20.1 Å². The first-order valence-electron chi connectivity index (χ1n) is 8.84. The number of benzene rings is 2. The molecule has 2 aliphatic rings. The lowest BCUT2D eigenvalue weighted by Gasteiger charge is -2.15. The Morgan fingerprint density at radius 2 is 2.07 bits per heavy atom. The number of sulfonamides is 1. The first kappa shape index (κ1) is 18.8. The summed E-state index contributed by atoms with van der Waals surface area (Å²) in [6, 6.07) is 9.38. The average molecular weight is 402 g/mol. The monoisotopic (exact) mass is 402 g/mol. The predicted octanol–water partition coefficient (Wildman–Crippen LogP) is 0.393. The molecule has 28 heavy (non-hydrogen) atoms. The van der Waals surface area contributed by atoms with Crippen LogP contribution in [0.15, 0.2) is 41.3 Å². The molecule has 2 aromatic rings. The normalized spacial score (nSPS) is 18.8. The highest BCUT2D eigenvalue weighted by molar-refractivity contribution is 7.92. The standard InChI is InChI=1S/C18H19BN2O6S/c20-14-2-4-17(13(8-14)7-11-5-6-26-18(11)22)28(24,25)21-15-3-1-12-10-27-19(23)16(12)9-15/h1-4,8-9,11,21,23H,5-7,10,20H2. The smallest absolute Gasteiger partial charge is 0.465 e. The Morgan fingerprint density at radius 3 is 2.82 bits per heavy atom. The summed E-state index contributed by atoms with van der Waals surface area (Å²) in [4.78, 5) is 11.9. The van der Waals surface area contributed by atoms with Gasteiger partial charge in [-0.3, -0.25) is 9.52 Å². The number of cyclic esters (lactones) is 1. The van der Waals surface area contributed by atoms with Gasteiger partial charge in [0.15, 0.2) is 0 Å². The van der Waals surface area contributed by atoms with Crippen LogP contribution in [0, 0.1) is 5.92 Å². The lowest BCUT2D eigenvalue weighted by molar-refractivity contribution is -0.141. The maximum Gasteiger partial charge on any atom is 0.491 e. The van der Waals surface area contributed by atoms with Crippen LogP contribution in [0.3, 0.4) is 0 Å². The molecule has 1 saturated heterocycles. The van der Waals surface area contributed by atoms with E-state index in [-0.39, 0.29) is 29.8 Å². The molecule has 0 spiro atoms. The van der Waals surface area contributed by atoms with Crippen molar-refractivity contribution < 1.29 is 27.6 Å². The summed E-state index contributed by atoms with van der Waals surface area (Å²) >= 11 is 0. The molecule has 0 amide bonds. The summed E-state index contributed by atoms with van der Waals surface area (Å²) < 4.78 is 38.6. The Balaban J connectivity index is 1.64. The second-order valence-corrected chi connectivity index (χ2v) is 8.56. The van der Waals surface area contributed by atoms with Gasteiger partial charge >= 0.3 is 13.1 Å². The van der Waals surface area contributed by atoms with Crippen molar-refractivity contribution in [1.82, 2.24) is 0 Å². The summed E-state index contributed by atoms with van der Waals surface area (Å²) in [5, 5.41) is 9.82. The van der Waals surface area contributed by atoms with Gasteiger partial charge in [-0.25, -0.2) is 8.42 Å². The molecule has 8 nitrogen and oxygen atoms in total. The minimum Gasteiger partial charge on any atom is -0.465 e. The van der Waals surface area contributed by atoms with Crippen molar-refractivity contribution in [2.45, 2.75) is 24.3 Å². The van der Waals surface area contributed by atoms with Crippen LogP contribution in [0.1, 0.15) is 17.5 Å². The van der Waals surface area contributed by atoms with E-state index < -0.39 is 17.1 Å². The molecule has 0 saturated carbocycles. The fourth-order valence-electron chi connectivity index (χ4n) is 3.50. The number of hydrogen-bond donors (Lipinski definition) is 3. The van der Waals surface area contributed by atoms with Crippen molar-refractivity contribution in [3.63, 3.8) is 0 Å². The third-order valence-corrected chi connectivity index (χ3v) is 6.43. The van der Waals surface area contributed by atoms with Crippen LogP contribution in [0.25, 0.3) is 0 Å². The zero-order valence-corrected chi connectivity index (χ0v) is 15.7. The molecule has 4 N–H and O–H groups in total. The van der Waals surface area contributed by atoms with Crippen LogP contribution in [0.4, 0.5) is 11.4 Å². The SMILES string of the molecule is Nc1ccc(S(=O)(=O)Nc2ccc3c(c2)B(O)OC3)c(CC2CCOC2=O)c1. The van der Waals surface area contributed by atoms with Gasteiger partial charge in [0.2, 0.25) is 0 Å². The molecular weight excluding hydrogens is 383 g/mol. The van der Waals surface area contributed by atoms with Crippen molar-refractivity contribution in [3.8, 4) is 0 Å². The van der Waals surface area contributed by atoms with E-state index in [1.807, 2.05) is 0 Å². The number of anilines is 2. The Bertz CT molecular complexity index is 1040. The van der Waals surface area contributed by atoms with Crippen LogP contribution in [-0.2, 0) is 37.2 Å². The summed E-state index contributed by atoms with van der Waals surface area (Å²) in [5.41, 5.74) is 8.36. The first-order valence-corrected chi connectivity index (χ1v) is 10.3. The molecule has 1 unspecified atom stereocenters. The van der Waals surface area contributed by atoms with E-state index in [1.165, 1.54) is 12.1 Å². The lowest BCUT2D eigenvalue weighted by atomic mass is 9.79. The lowest BCUT2D eigenvalue weighted by Crippen LogP contribution is -2.28. The number of carbonyl (C=O) groups excluding carboxylic acids is 1. The predicted molar refractivity (Wildman–Crippen MR) is 103 cm³/mol. The molecule has 2 heterocycles. The second-order valence-electron chi connectivity index (χ2n) is 6.91. The molecule has 2 aliphatic heterocycles. The quantitative estimate of drug-likeness (QED) is 0.375. The van der Waals surface area contributed by atoms with Crippen molar-refractivity contribution in [1.29, 1.82) is 0 Å². The van der Waals surface area contributed by atoms with Crippen LogP contribution in [0.5, 0.6) is 0 Å². The van der Waals surface area contributed by atoms with Gasteiger partial charge in [-0.05, 0) is 59.8 Å². The molecule has 4 rings (SSSR count). The highest BCUT2D eigenvalue weighted by Crippen LogP contribution is 2.27. The van der Waals surface area contributed by atoms with Crippen molar-refractivity contribution >= 4 is 39.9 Å². The van der Waals surface area contributed by atoms with Crippen molar-refractivity contribution in [2.24, 2.45) is 5.92 Å². The number of nitrogen functional groups attached to an aromatic ring is 1. The first-order chi connectivity index (χ1) is 13.3. The van der Waals surface area contributed by atoms with Gasteiger partial charge in [-0.1, -0.05) is 6.07 Å². The van der Waals surface area contributed by atoms with Gasteiger partial charge in [0.05, 0.1) is 24.0 Å². The van der Waals surface area contributed by atoms with Gasteiger partial charge in [0, 0.05) is 11.4 Å². The van der Waals surface area contributed by atoms with E-state index in [0.29, 0.717) is 35.4 Å². The molecule has 146 valence electrons. The number of esters is 1. The van der Waals surface area contributed by atoms with E-state index in [4.69, 9.17) is 15.1 Å². The van der Waals surface area contributed by atoms with E-state index in [0.717, 1.165) is 5.56 Å². The molecule has 0 aliphatic carbocycles. The zero-order chi connectivity index (χ0) is 19.9. The van der Waals surface area contributed by atoms with Crippen molar-refractivity contribution in [2.75, 3.05) is 17.1 Å². The Kier molecular flexibility index (Phi) is 4.78. The highest BCUT2D eigenvalue weighted by Gasteiger charge is 2.30. The zero-order valence-electron chi connectivity index (χ0n) is 14.9. The van der Waals surface area contributed by atoms with Gasteiger partial charge in [0.25, 0.3) is 10.0 Å². The molecular formula is C18H19BN2O6S. The third-order valence-electron chi connectivity index (χ3n) is 4.95. The number of carbonyl (C=O) groups is 1. The number of fused-ring (bicyclic) bond motifs is 1. The van der Waals surface area contributed by atoms with E-state index in [9.17, 15) is 18.2 Å². The largest absolute Gasteiger partial charge is 0.491 e. The number of nitrogens with one attached hydrogen (secondary N) is 1. The fourth-order valence-corrected chi connectivity index (χ4v) is 4.78. The fraction of sp³-hybridized carbons (Fsp3) is 0.278. The molecule has 0 radical (unpaired) electrons.